The molecule has 23 heavy (non-hydrogen) atoms. The molecule has 1 aromatic rings. The number of carbonyl (C=O) groups is 1. The Balaban J connectivity index is 2.06. The van der Waals surface area contributed by atoms with E-state index in [2.05, 4.69) is 18.3 Å². The molecule has 1 saturated heterocycles. The van der Waals surface area contributed by atoms with Crippen LogP contribution in [0.15, 0.2) is 18.2 Å². The topological polar surface area (TPSA) is 56.1 Å². The summed E-state index contributed by atoms with van der Waals surface area (Å²) in [6.45, 7) is 7.62. The van der Waals surface area contributed by atoms with Gasteiger partial charge in [0.2, 0.25) is 5.91 Å². The fraction of sp³-hybridized carbons (Fsp3) is 0.500. The highest BCUT2D eigenvalue weighted by atomic mass is 32.1. The molecule has 5 heteroatoms. The van der Waals surface area contributed by atoms with Crippen molar-refractivity contribution in [3.63, 3.8) is 0 Å². The minimum Gasteiger partial charge on any atom is -0.348 e. The van der Waals surface area contributed by atoms with Crippen molar-refractivity contribution < 1.29 is 4.79 Å². The number of rotatable bonds is 3. The van der Waals surface area contributed by atoms with E-state index in [4.69, 9.17) is 12.2 Å². The Kier molecular flexibility index (Phi) is 5.73. The van der Waals surface area contributed by atoms with Crippen molar-refractivity contribution in [3.8, 4) is 6.07 Å². The minimum atomic E-state index is -0.917. The Bertz CT molecular complexity index is 642. The number of piperidine rings is 1. The van der Waals surface area contributed by atoms with Gasteiger partial charge in [-0.25, -0.2) is 0 Å². The fourth-order valence-electron chi connectivity index (χ4n) is 2.80. The second kappa shape index (κ2) is 7.56. The van der Waals surface area contributed by atoms with Crippen LogP contribution in [0.25, 0.3) is 0 Å². The highest BCUT2D eigenvalue weighted by Gasteiger charge is 2.30. The number of thiocarbonyl (C=S) groups is 1. The maximum absolute atomic E-state index is 12.6. The second-order valence-electron chi connectivity index (χ2n) is 6.38. The van der Waals surface area contributed by atoms with Crippen LogP contribution in [0.1, 0.15) is 30.9 Å². The van der Waals surface area contributed by atoms with Crippen LogP contribution in [0.2, 0.25) is 0 Å². The molecule has 0 aliphatic carbocycles. The van der Waals surface area contributed by atoms with E-state index in [0.29, 0.717) is 19.0 Å². The molecule has 1 aromatic carbocycles. The van der Waals surface area contributed by atoms with Gasteiger partial charge in [0.25, 0.3) is 0 Å². The summed E-state index contributed by atoms with van der Waals surface area (Å²) in [4.78, 5) is 14.6. The first-order valence-corrected chi connectivity index (χ1v) is 8.39. The lowest BCUT2D eigenvalue weighted by Crippen LogP contribution is -2.44. The zero-order valence-electron chi connectivity index (χ0n) is 13.9. The van der Waals surface area contributed by atoms with Gasteiger partial charge >= 0.3 is 0 Å². The molecule has 0 saturated carbocycles. The molecule has 1 aliphatic rings. The SMILES string of the molecule is Cc1ccc(NC(=S)C(C#N)C(=O)N2CCC(C)CC2)c(C)c1. The lowest BCUT2D eigenvalue weighted by atomic mass is 9.98. The van der Waals surface area contributed by atoms with Crippen LogP contribution in [-0.2, 0) is 4.79 Å². The third-order valence-corrected chi connectivity index (χ3v) is 4.71. The number of aryl methyl sites for hydroxylation is 2. The summed E-state index contributed by atoms with van der Waals surface area (Å²) in [6, 6.07) is 8.02. The molecule has 1 unspecified atom stereocenters. The highest BCUT2D eigenvalue weighted by molar-refractivity contribution is 7.80. The molecule has 0 spiro atoms. The molecular formula is C18H23N3OS. The quantitative estimate of drug-likeness (QED) is 0.863. The van der Waals surface area contributed by atoms with Gasteiger partial charge in [0, 0.05) is 18.8 Å². The van der Waals surface area contributed by atoms with Crippen LogP contribution >= 0.6 is 12.2 Å². The number of nitriles is 1. The number of benzene rings is 1. The van der Waals surface area contributed by atoms with Gasteiger partial charge in [-0.15, -0.1) is 0 Å². The van der Waals surface area contributed by atoms with Gasteiger partial charge in [0.05, 0.1) is 6.07 Å². The highest BCUT2D eigenvalue weighted by Crippen LogP contribution is 2.20. The number of likely N-dealkylation sites (tertiary alicyclic amines) is 1. The number of hydrogen-bond donors (Lipinski definition) is 1. The van der Waals surface area contributed by atoms with Crippen LogP contribution in [0.3, 0.4) is 0 Å². The molecule has 122 valence electrons. The average Bonchev–Trinajstić information content (AvgIpc) is 2.51. The van der Waals surface area contributed by atoms with E-state index in [1.165, 1.54) is 0 Å². The molecule has 0 bridgehead atoms. The van der Waals surface area contributed by atoms with Crippen molar-refractivity contribution in [3.05, 3.63) is 29.3 Å². The summed E-state index contributed by atoms with van der Waals surface area (Å²) < 4.78 is 0. The first-order chi connectivity index (χ1) is 10.9. The van der Waals surface area contributed by atoms with Gasteiger partial charge in [0.1, 0.15) is 4.99 Å². The Morgan fingerprint density at radius 2 is 2.04 bits per heavy atom. The van der Waals surface area contributed by atoms with Crippen molar-refractivity contribution in [2.45, 2.75) is 33.6 Å². The Hall–Kier alpha value is -1.93. The molecule has 1 fully saturated rings. The first kappa shape index (κ1) is 17.4. The summed E-state index contributed by atoms with van der Waals surface area (Å²) >= 11 is 5.34. The molecule has 4 nitrogen and oxygen atoms in total. The largest absolute Gasteiger partial charge is 0.348 e. The van der Waals surface area contributed by atoms with Gasteiger partial charge in [0.15, 0.2) is 5.92 Å². The van der Waals surface area contributed by atoms with E-state index in [1.54, 1.807) is 4.90 Å². The van der Waals surface area contributed by atoms with Crippen LogP contribution in [0.5, 0.6) is 0 Å². The van der Waals surface area contributed by atoms with E-state index in [1.807, 2.05) is 32.0 Å². The normalized spacial score (nSPS) is 16.5. The summed E-state index contributed by atoms with van der Waals surface area (Å²) in [5.41, 5.74) is 3.05. The van der Waals surface area contributed by atoms with Gasteiger partial charge in [-0.3, -0.25) is 4.79 Å². The maximum atomic E-state index is 12.6. The predicted molar refractivity (Wildman–Crippen MR) is 96.2 cm³/mol. The standard InChI is InChI=1S/C18H23N3OS/c1-12-6-8-21(9-7-12)18(22)15(11-19)17(23)20-16-5-4-13(2)10-14(16)3/h4-5,10,12,15H,6-9H2,1-3H3,(H,20,23). The molecule has 1 atom stereocenters. The molecule has 1 aliphatic heterocycles. The van der Waals surface area contributed by atoms with Gasteiger partial charge < -0.3 is 10.2 Å². The van der Waals surface area contributed by atoms with Gasteiger partial charge in [-0.1, -0.05) is 36.8 Å². The Morgan fingerprint density at radius 1 is 1.39 bits per heavy atom. The van der Waals surface area contributed by atoms with E-state index < -0.39 is 5.92 Å². The Labute approximate surface area is 143 Å². The third kappa shape index (κ3) is 4.29. The molecule has 1 amide bonds. The molecule has 1 heterocycles. The van der Waals surface area contributed by atoms with Crippen molar-refractivity contribution in [1.29, 1.82) is 5.26 Å². The fourth-order valence-corrected chi connectivity index (χ4v) is 3.06. The van der Waals surface area contributed by atoms with Crippen LogP contribution in [0, 0.1) is 37.0 Å². The molecule has 2 rings (SSSR count). The Morgan fingerprint density at radius 3 is 2.61 bits per heavy atom. The van der Waals surface area contributed by atoms with E-state index >= 15 is 0 Å². The second-order valence-corrected chi connectivity index (χ2v) is 6.82. The van der Waals surface area contributed by atoms with E-state index in [0.717, 1.165) is 29.7 Å². The zero-order valence-corrected chi connectivity index (χ0v) is 14.7. The summed E-state index contributed by atoms with van der Waals surface area (Å²) in [6.07, 6.45) is 1.97. The van der Waals surface area contributed by atoms with Crippen molar-refractivity contribution in [2.75, 3.05) is 18.4 Å². The number of nitrogens with one attached hydrogen (secondary N) is 1. The molecule has 1 N–H and O–H groups in total. The number of nitrogens with zero attached hydrogens (tertiary/aromatic N) is 2. The smallest absolute Gasteiger partial charge is 0.246 e. The minimum absolute atomic E-state index is 0.179. The third-order valence-electron chi connectivity index (χ3n) is 4.37. The monoisotopic (exact) mass is 329 g/mol. The van der Waals surface area contributed by atoms with Gasteiger partial charge in [-0.2, -0.15) is 5.26 Å². The van der Waals surface area contributed by atoms with E-state index in [9.17, 15) is 10.1 Å². The van der Waals surface area contributed by atoms with Crippen molar-refractivity contribution >= 4 is 28.8 Å². The number of anilines is 1. The van der Waals surface area contributed by atoms with Crippen LogP contribution in [-0.4, -0.2) is 28.9 Å². The van der Waals surface area contributed by atoms with Crippen molar-refractivity contribution in [2.24, 2.45) is 11.8 Å². The lowest BCUT2D eigenvalue weighted by Gasteiger charge is -2.31. The molecule has 0 aromatic heterocycles. The predicted octanol–water partition coefficient (Wildman–Crippen LogP) is 3.44. The average molecular weight is 329 g/mol. The molecule has 0 radical (unpaired) electrons. The number of carbonyl (C=O) groups excluding carboxylic acids is 1. The summed E-state index contributed by atoms with van der Waals surface area (Å²) in [5, 5.41) is 12.5. The number of hydrogen-bond acceptors (Lipinski definition) is 3. The first-order valence-electron chi connectivity index (χ1n) is 7.99. The van der Waals surface area contributed by atoms with Crippen molar-refractivity contribution in [1.82, 2.24) is 4.90 Å². The molecular weight excluding hydrogens is 306 g/mol. The zero-order chi connectivity index (χ0) is 17.0. The van der Waals surface area contributed by atoms with Crippen LogP contribution < -0.4 is 5.32 Å². The summed E-state index contributed by atoms with van der Waals surface area (Å²) in [5.74, 6) is -0.458. The van der Waals surface area contributed by atoms with Crippen LogP contribution in [0.4, 0.5) is 5.69 Å². The number of amides is 1. The van der Waals surface area contributed by atoms with E-state index in [-0.39, 0.29) is 10.9 Å². The summed E-state index contributed by atoms with van der Waals surface area (Å²) in [7, 11) is 0. The van der Waals surface area contributed by atoms with Gasteiger partial charge in [-0.05, 0) is 44.2 Å². The maximum Gasteiger partial charge on any atom is 0.246 e. The lowest BCUT2D eigenvalue weighted by molar-refractivity contribution is -0.133.